The highest BCUT2D eigenvalue weighted by Crippen LogP contribution is 2.19. The molecule has 0 aliphatic heterocycles. The van der Waals surface area contributed by atoms with Crippen LogP contribution in [0.4, 0.5) is 0 Å². The van der Waals surface area contributed by atoms with Crippen LogP contribution in [-0.2, 0) is 11.3 Å². The van der Waals surface area contributed by atoms with Gasteiger partial charge in [-0.3, -0.25) is 9.79 Å². The van der Waals surface area contributed by atoms with Crippen LogP contribution in [0.1, 0.15) is 5.89 Å². The van der Waals surface area contributed by atoms with Gasteiger partial charge < -0.3 is 20.1 Å². The predicted octanol–water partition coefficient (Wildman–Crippen LogP) is 1.14. The van der Waals surface area contributed by atoms with Crippen LogP contribution in [0.5, 0.6) is 0 Å². The number of hydrogen-bond acceptors (Lipinski definition) is 5. The van der Waals surface area contributed by atoms with E-state index in [4.69, 9.17) is 16.1 Å². The maximum atomic E-state index is 11.6. The lowest BCUT2D eigenvalue weighted by Gasteiger charge is -2.13. The number of nitrogens with zero attached hydrogens (tertiary/aromatic N) is 4. The summed E-state index contributed by atoms with van der Waals surface area (Å²) in [5.41, 5.74) is 0.775. The first-order valence-electron chi connectivity index (χ1n) is 7.23. The Kier molecular flexibility index (Phi) is 6.14. The first-order chi connectivity index (χ1) is 11.5. The highest BCUT2D eigenvalue weighted by Gasteiger charge is 2.10. The van der Waals surface area contributed by atoms with Crippen molar-refractivity contribution in [2.45, 2.75) is 6.54 Å². The van der Waals surface area contributed by atoms with E-state index in [1.165, 1.54) is 4.90 Å². The van der Waals surface area contributed by atoms with Crippen molar-refractivity contribution in [1.82, 2.24) is 25.7 Å². The second kappa shape index (κ2) is 8.30. The van der Waals surface area contributed by atoms with Crippen LogP contribution in [0.15, 0.2) is 33.8 Å². The summed E-state index contributed by atoms with van der Waals surface area (Å²) in [5.74, 6) is 1.26. The molecule has 2 N–H and O–H groups in total. The molecule has 0 fully saturated rings. The Balaban J connectivity index is 1.91. The lowest BCUT2D eigenvalue weighted by atomic mass is 10.2. The van der Waals surface area contributed by atoms with Gasteiger partial charge in [0.2, 0.25) is 17.6 Å². The van der Waals surface area contributed by atoms with E-state index in [2.05, 4.69) is 25.8 Å². The van der Waals surface area contributed by atoms with Crippen LogP contribution in [0.2, 0.25) is 5.02 Å². The van der Waals surface area contributed by atoms with Gasteiger partial charge in [-0.05, 0) is 12.1 Å². The van der Waals surface area contributed by atoms with Gasteiger partial charge in [-0.25, -0.2) is 0 Å². The standard InChI is InChI=1S/C15H19ClN6O2/c1-17-15(19-9-13(23)22(2)3)18-8-12-20-14(21-24-12)10-5-4-6-11(16)7-10/h4-7H,8-9H2,1-3H3,(H2,17,18,19). The molecule has 2 rings (SSSR count). The molecule has 2 aromatic rings. The number of likely N-dealkylation sites (N-methyl/N-ethyl adjacent to an activating group) is 1. The molecule has 0 bridgehead atoms. The number of halogens is 1. The number of amides is 1. The lowest BCUT2D eigenvalue weighted by Crippen LogP contribution is -2.42. The van der Waals surface area contributed by atoms with Crippen LogP contribution in [-0.4, -0.2) is 54.6 Å². The Morgan fingerprint density at radius 3 is 2.83 bits per heavy atom. The van der Waals surface area contributed by atoms with Gasteiger partial charge in [-0.1, -0.05) is 28.9 Å². The molecule has 0 saturated heterocycles. The third-order valence-electron chi connectivity index (χ3n) is 3.09. The van der Waals surface area contributed by atoms with Gasteiger partial charge in [0.05, 0.1) is 13.1 Å². The summed E-state index contributed by atoms with van der Waals surface area (Å²) >= 11 is 5.95. The van der Waals surface area contributed by atoms with Gasteiger partial charge in [0.1, 0.15) is 0 Å². The van der Waals surface area contributed by atoms with Crippen molar-refractivity contribution in [1.29, 1.82) is 0 Å². The van der Waals surface area contributed by atoms with Gasteiger partial charge >= 0.3 is 0 Å². The lowest BCUT2D eigenvalue weighted by molar-refractivity contribution is -0.127. The molecular formula is C15H19ClN6O2. The Morgan fingerprint density at radius 1 is 1.38 bits per heavy atom. The quantitative estimate of drug-likeness (QED) is 0.620. The number of nitrogens with one attached hydrogen (secondary N) is 2. The zero-order valence-corrected chi connectivity index (χ0v) is 14.5. The van der Waals surface area contributed by atoms with E-state index in [0.717, 1.165) is 5.56 Å². The summed E-state index contributed by atoms with van der Waals surface area (Å²) in [4.78, 5) is 21.4. The highest BCUT2D eigenvalue weighted by atomic mass is 35.5. The fourth-order valence-electron chi connectivity index (χ4n) is 1.77. The largest absolute Gasteiger partial charge is 0.347 e. The molecule has 0 spiro atoms. The number of rotatable bonds is 5. The van der Waals surface area contributed by atoms with E-state index in [1.807, 2.05) is 12.1 Å². The van der Waals surface area contributed by atoms with E-state index in [0.29, 0.717) is 22.7 Å². The third-order valence-corrected chi connectivity index (χ3v) is 3.32. The van der Waals surface area contributed by atoms with E-state index < -0.39 is 0 Å². The Labute approximate surface area is 144 Å². The van der Waals surface area contributed by atoms with Crippen LogP contribution in [0.25, 0.3) is 11.4 Å². The average Bonchev–Trinajstić information content (AvgIpc) is 3.03. The second-order valence-corrected chi connectivity index (χ2v) is 5.53. The van der Waals surface area contributed by atoms with Gasteiger partial charge in [-0.15, -0.1) is 0 Å². The zero-order valence-electron chi connectivity index (χ0n) is 13.7. The van der Waals surface area contributed by atoms with Crippen molar-refractivity contribution >= 4 is 23.5 Å². The van der Waals surface area contributed by atoms with Crippen LogP contribution in [0, 0.1) is 0 Å². The fourth-order valence-corrected chi connectivity index (χ4v) is 1.96. The number of benzene rings is 1. The van der Waals surface area contributed by atoms with Gasteiger partial charge in [-0.2, -0.15) is 4.98 Å². The minimum atomic E-state index is -0.0565. The van der Waals surface area contributed by atoms with Crippen LogP contribution in [0.3, 0.4) is 0 Å². The molecule has 0 radical (unpaired) electrons. The molecule has 1 aromatic heterocycles. The molecule has 0 atom stereocenters. The number of carbonyl (C=O) groups is 1. The van der Waals surface area contributed by atoms with Crippen LogP contribution >= 0.6 is 11.6 Å². The molecule has 0 saturated carbocycles. The first kappa shape index (κ1) is 17.7. The molecule has 0 aliphatic rings. The normalized spacial score (nSPS) is 11.2. The zero-order chi connectivity index (χ0) is 17.5. The smallest absolute Gasteiger partial charge is 0.246 e. The summed E-state index contributed by atoms with van der Waals surface area (Å²) in [5, 5.41) is 10.4. The molecule has 24 heavy (non-hydrogen) atoms. The summed E-state index contributed by atoms with van der Waals surface area (Å²) in [6, 6.07) is 7.20. The Morgan fingerprint density at radius 2 is 2.17 bits per heavy atom. The number of carbonyl (C=O) groups excluding carboxylic acids is 1. The summed E-state index contributed by atoms with van der Waals surface area (Å²) in [7, 11) is 4.99. The van der Waals surface area contributed by atoms with Crippen molar-refractivity contribution < 1.29 is 9.32 Å². The SMILES string of the molecule is CN=C(NCC(=O)N(C)C)NCc1nc(-c2cccc(Cl)c2)no1. The highest BCUT2D eigenvalue weighted by molar-refractivity contribution is 6.30. The van der Waals surface area contributed by atoms with E-state index in [9.17, 15) is 4.79 Å². The molecule has 9 heteroatoms. The van der Waals surface area contributed by atoms with Crippen molar-refractivity contribution in [2.24, 2.45) is 4.99 Å². The Hall–Kier alpha value is -2.61. The van der Waals surface area contributed by atoms with Crippen molar-refractivity contribution in [2.75, 3.05) is 27.7 Å². The van der Waals surface area contributed by atoms with Crippen molar-refractivity contribution in [3.05, 3.63) is 35.2 Å². The Bertz CT molecular complexity index is 728. The maximum Gasteiger partial charge on any atom is 0.246 e. The molecule has 128 valence electrons. The molecule has 0 unspecified atom stereocenters. The number of aliphatic imine (C=N–C) groups is 1. The summed E-state index contributed by atoms with van der Waals surface area (Å²) in [6.07, 6.45) is 0. The molecule has 1 heterocycles. The van der Waals surface area contributed by atoms with E-state index in [-0.39, 0.29) is 19.0 Å². The second-order valence-electron chi connectivity index (χ2n) is 5.09. The minimum absolute atomic E-state index is 0.0565. The molecule has 1 aromatic carbocycles. The van der Waals surface area contributed by atoms with Crippen molar-refractivity contribution in [3.63, 3.8) is 0 Å². The van der Waals surface area contributed by atoms with Crippen LogP contribution < -0.4 is 10.6 Å². The molecule has 8 nitrogen and oxygen atoms in total. The van der Waals surface area contributed by atoms with E-state index >= 15 is 0 Å². The van der Waals surface area contributed by atoms with Gasteiger partial charge in [0, 0.05) is 31.7 Å². The monoisotopic (exact) mass is 350 g/mol. The van der Waals surface area contributed by atoms with Crippen molar-refractivity contribution in [3.8, 4) is 11.4 Å². The first-order valence-corrected chi connectivity index (χ1v) is 7.60. The predicted molar refractivity (Wildman–Crippen MR) is 91.6 cm³/mol. The van der Waals surface area contributed by atoms with E-state index in [1.54, 1.807) is 33.3 Å². The van der Waals surface area contributed by atoms with Gasteiger partial charge in [0.25, 0.3) is 0 Å². The fraction of sp³-hybridized carbons (Fsp3) is 0.333. The third kappa shape index (κ3) is 4.95. The molecular weight excluding hydrogens is 332 g/mol. The summed E-state index contributed by atoms with van der Waals surface area (Å²) in [6.45, 7) is 0.424. The summed E-state index contributed by atoms with van der Waals surface area (Å²) < 4.78 is 5.19. The molecule has 1 amide bonds. The minimum Gasteiger partial charge on any atom is -0.347 e. The number of guanidine groups is 1. The number of hydrogen-bond donors (Lipinski definition) is 2. The maximum absolute atomic E-state index is 11.6. The van der Waals surface area contributed by atoms with Gasteiger partial charge in [0.15, 0.2) is 5.96 Å². The topological polar surface area (TPSA) is 95.7 Å². The molecule has 0 aliphatic carbocycles. The number of aromatic nitrogens is 2. The average molecular weight is 351 g/mol.